The summed E-state index contributed by atoms with van der Waals surface area (Å²) in [5, 5.41) is 24.5. The number of hydrogen-bond acceptors (Lipinski definition) is 4. The maximum atomic E-state index is 12.2. The molecule has 2 rings (SSSR count). The van der Waals surface area contributed by atoms with Crippen molar-refractivity contribution in [3.05, 3.63) is 29.8 Å². The lowest BCUT2D eigenvalue weighted by Crippen LogP contribution is -2.48. The first kappa shape index (κ1) is 21.9. The zero-order chi connectivity index (χ0) is 20.7. The predicted octanol–water partition coefficient (Wildman–Crippen LogP) is 2.90. The SMILES string of the molecule is CC(C)C[C@H](N[C@@H](Cc1ccc(NC(=O)C2CCCC2)cc1)C(=O)O)C(=O)O. The summed E-state index contributed by atoms with van der Waals surface area (Å²) < 4.78 is 0. The van der Waals surface area contributed by atoms with Gasteiger partial charge in [0, 0.05) is 11.6 Å². The molecule has 0 aromatic heterocycles. The number of nitrogens with one attached hydrogen (secondary N) is 2. The van der Waals surface area contributed by atoms with Crippen LogP contribution in [0.25, 0.3) is 0 Å². The number of carbonyl (C=O) groups is 3. The smallest absolute Gasteiger partial charge is 0.321 e. The minimum Gasteiger partial charge on any atom is -0.480 e. The van der Waals surface area contributed by atoms with Gasteiger partial charge < -0.3 is 15.5 Å². The fraction of sp³-hybridized carbons (Fsp3) is 0.571. The van der Waals surface area contributed by atoms with E-state index in [0.717, 1.165) is 31.2 Å². The van der Waals surface area contributed by atoms with Crippen molar-refractivity contribution in [2.75, 3.05) is 5.32 Å². The second-order valence-electron chi connectivity index (χ2n) is 7.95. The molecule has 0 spiro atoms. The van der Waals surface area contributed by atoms with Gasteiger partial charge in [0.1, 0.15) is 12.1 Å². The Morgan fingerprint density at radius 1 is 1.00 bits per heavy atom. The molecule has 1 aromatic carbocycles. The molecule has 7 nitrogen and oxygen atoms in total. The lowest BCUT2D eigenvalue weighted by molar-refractivity contribution is -0.143. The molecule has 2 atom stereocenters. The second-order valence-corrected chi connectivity index (χ2v) is 7.95. The van der Waals surface area contributed by atoms with Crippen molar-refractivity contribution in [2.24, 2.45) is 11.8 Å². The van der Waals surface area contributed by atoms with Gasteiger partial charge >= 0.3 is 11.9 Å². The number of rotatable bonds is 10. The first-order valence-electron chi connectivity index (χ1n) is 9.87. The highest BCUT2D eigenvalue weighted by molar-refractivity contribution is 5.92. The summed E-state index contributed by atoms with van der Waals surface area (Å²) in [6.07, 6.45) is 4.55. The zero-order valence-electron chi connectivity index (χ0n) is 16.5. The normalized spacial score (nSPS) is 16.7. The summed E-state index contributed by atoms with van der Waals surface area (Å²) in [7, 11) is 0. The molecule has 154 valence electrons. The molecule has 0 radical (unpaired) electrons. The maximum absolute atomic E-state index is 12.2. The molecule has 4 N–H and O–H groups in total. The molecular formula is C21H30N2O5. The number of amides is 1. The molecule has 7 heteroatoms. The highest BCUT2D eigenvalue weighted by Gasteiger charge is 2.27. The van der Waals surface area contributed by atoms with Gasteiger partial charge in [0.05, 0.1) is 0 Å². The van der Waals surface area contributed by atoms with E-state index in [1.54, 1.807) is 24.3 Å². The number of carboxylic acids is 2. The summed E-state index contributed by atoms with van der Waals surface area (Å²) in [5.41, 5.74) is 1.44. The van der Waals surface area contributed by atoms with Crippen molar-refractivity contribution in [3.63, 3.8) is 0 Å². The summed E-state index contributed by atoms with van der Waals surface area (Å²) in [6, 6.07) is 5.12. The number of carboxylic acid groups (broad SMARTS) is 2. The molecule has 1 aliphatic carbocycles. The van der Waals surface area contributed by atoms with E-state index in [0.29, 0.717) is 12.1 Å². The topological polar surface area (TPSA) is 116 Å². The number of aliphatic carboxylic acids is 2. The molecule has 0 aliphatic heterocycles. The van der Waals surface area contributed by atoms with Crippen molar-refractivity contribution >= 4 is 23.5 Å². The van der Waals surface area contributed by atoms with Crippen LogP contribution in [0.2, 0.25) is 0 Å². The zero-order valence-corrected chi connectivity index (χ0v) is 16.5. The van der Waals surface area contributed by atoms with E-state index in [1.807, 2.05) is 13.8 Å². The van der Waals surface area contributed by atoms with Crippen LogP contribution in [0.1, 0.15) is 51.5 Å². The standard InChI is InChI=1S/C21H30N2O5/c1-13(2)11-17(20(25)26)23-18(21(27)28)12-14-7-9-16(10-8-14)22-19(24)15-5-3-4-6-15/h7-10,13,15,17-18,23H,3-6,11-12H2,1-2H3,(H,22,24)(H,25,26)(H,27,28)/t17-,18-/m0/s1. The summed E-state index contributed by atoms with van der Waals surface area (Å²) in [5.74, 6) is -1.90. The van der Waals surface area contributed by atoms with Gasteiger partial charge in [-0.05, 0) is 49.3 Å². The molecule has 0 heterocycles. The number of benzene rings is 1. The quantitative estimate of drug-likeness (QED) is 0.488. The molecule has 1 amide bonds. The van der Waals surface area contributed by atoms with Crippen LogP contribution in [0.5, 0.6) is 0 Å². The Morgan fingerprint density at radius 3 is 2.07 bits per heavy atom. The Morgan fingerprint density at radius 2 is 1.57 bits per heavy atom. The molecule has 1 aromatic rings. The molecule has 0 saturated heterocycles. The Hall–Kier alpha value is -2.41. The fourth-order valence-electron chi connectivity index (χ4n) is 3.56. The summed E-state index contributed by atoms with van der Waals surface area (Å²) in [6.45, 7) is 3.79. The van der Waals surface area contributed by atoms with E-state index >= 15 is 0 Å². The van der Waals surface area contributed by atoms with Crippen LogP contribution >= 0.6 is 0 Å². The second kappa shape index (κ2) is 10.2. The Balaban J connectivity index is 1.97. The lowest BCUT2D eigenvalue weighted by Gasteiger charge is -2.22. The third kappa shape index (κ3) is 6.64. The maximum Gasteiger partial charge on any atom is 0.321 e. The molecule has 1 saturated carbocycles. The molecule has 1 fully saturated rings. The average molecular weight is 390 g/mol. The van der Waals surface area contributed by atoms with Crippen molar-refractivity contribution in [1.82, 2.24) is 5.32 Å². The Labute approximate surface area is 165 Å². The minimum absolute atomic E-state index is 0.0355. The summed E-state index contributed by atoms with van der Waals surface area (Å²) in [4.78, 5) is 35.2. The lowest BCUT2D eigenvalue weighted by atomic mass is 10.0. The average Bonchev–Trinajstić information content (AvgIpc) is 3.16. The van der Waals surface area contributed by atoms with Gasteiger partial charge in [-0.1, -0.05) is 38.8 Å². The van der Waals surface area contributed by atoms with E-state index in [-0.39, 0.29) is 24.2 Å². The third-order valence-electron chi connectivity index (χ3n) is 5.09. The van der Waals surface area contributed by atoms with E-state index in [9.17, 15) is 24.6 Å². The minimum atomic E-state index is -1.09. The van der Waals surface area contributed by atoms with E-state index < -0.39 is 24.0 Å². The van der Waals surface area contributed by atoms with E-state index in [2.05, 4.69) is 10.6 Å². The van der Waals surface area contributed by atoms with Gasteiger partial charge in [-0.3, -0.25) is 19.7 Å². The van der Waals surface area contributed by atoms with Gasteiger partial charge in [-0.25, -0.2) is 0 Å². The van der Waals surface area contributed by atoms with Gasteiger partial charge in [0.2, 0.25) is 5.91 Å². The third-order valence-corrected chi connectivity index (χ3v) is 5.09. The van der Waals surface area contributed by atoms with Crippen molar-refractivity contribution < 1.29 is 24.6 Å². The number of anilines is 1. The number of carbonyl (C=O) groups excluding carboxylic acids is 1. The van der Waals surface area contributed by atoms with Crippen LogP contribution < -0.4 is 10.6 Å². The van der Waals surface area contributed by atoms with Gasteiger partial charge in [0.25, 0.3) is 0 Å². The highest BCUT2D eigenvalue weighted by Crippen LogP contribution is 2.26. The molecule has 28 heavy (non-hydrogen) atoms. The molecular weight excluding hydrogens is 360 g/mol. The first-order chi connectivity index (χ1) is 13.3. The Bertz CT molecular complexity index is 681. The highest BCUT2D eigenvalue weighted by atomic mass is 16.4. The van der Waals surface area contributed by atoms with Crippen molar-refractivity contribution in [2.45, 2.75) is 64.5 Å². The van der Waals surface area contributed by atoms with Crippen molar-refractivity contribution in [3.8, 4) is 0 Å². The molecule has 0 bridgehead atoms. The molecule has 0 unspecified atom stereocenters. The van der Waals surface area contributed by atoms with Gasteiger partial charge in [-0.15, -0.1) is 0 Å². The number of hydrogen-bond donors (Lipinski definition) is 4. The van der Waals surface area contributed by atoms with Crippen molar-refractivity contribution in [1.29, 1.82) is 0 Å². The van der Waals surface area contributed by atoms with Crippen LogP contribution in [0.3, 0.4) is 0 Å². The van der Waals surface area contributed by atoms with Crippen LogP contribution in [-0.4, -0.2) is 40.1 Å². The first-order valence-corrected chi connectivity index (χ1v) is 9.87. The van der Waals surface area contributed by atoms with Gasteiger partial charge in [-0.2, -0.15) is 0 Å². The van der Waals surface area contributed by atoms with Crippen LogP contribution in [-0.2, 0) is 20.8 Å². The fourth-order valence-corrected chi connectivity index (χ4v) is 3.56. The Kier molecular flexibility index (Phi) is 7.99. The van der Waals surface area contributed by atoms with E-state index in [4.69, 9.17) is 0 Å². The van der Waals surface area contributed by atoms with Crippen LogP contribution in [0.4, 0.5) is 5.69 Å². The van der Waals surface area contributed by atoms with Crippen LogP contribution in [0.15, 0.2) is 24.3 Å². The predicted molar refractivity (Wildman–Crippen MR) is 106 cm³/mol. The van der Waals surface area contributed by atoms with Gasteiger partial charge in [0.15, 0.2) is 0 Å². The largest absolute Gasteiger partial charge is 0.480 e. The molecule has 1 aliphatic rings. The summed E-state index contributed by atoms with van der Waals surface area (Å²) >= 11 is 0. The van der Waals surface area contributed by atoms with Crippen LogP contribution in [0, 0.1) is 11.8 Å². The van der Waals surface area contributed by atoms with E-state index in [1.165, 1.54) is 0 Å². The monoisotopic (exact) mass is 390 g/mol.